The number of aromatic nitrogens is 2. The van der Waals surface area contributed by atoms with E-state index in [1.807, 2.05) is 13.0 Å². The molecule has 1 aromatic heterocycles. The molecule has 0 saturated heterocycles. The number of halogens is 1. The van der Waals surface area contributed by atoms with Gasteiger partial charge in [0.2, 0.25) is 0 Å². The number of anilines is 1. The number of rotatable bonds is 3. The summed E-state index contributed by atoms with van der Waals surface area (Å²) in [6, 6.07) is 1.83. The molecule has 0 aromatic carbocycles. The minimum atomic E-state index is 0.711. The summed E-state index contributed by atoms with van der Waals surface area (Å²) in [7, 11) is 0. The van der Waals surface area contributed by atoms with Crippen LogP contribution >= 0.6 is 15.9 Å². The quantitative estimate of drug-likeness (QED) is 0.636. The van der Waals surface area contributed by atoms with Gasteiger partial charge in [-0.1, -0.05) is 6.08 Å². The lowest BCUT2D eigenvalue weighted by Gasteiger charge is -2.02. The molecule has 1 aromatic rings. The molecule has 0 aliphatic carbocycles. The minimum absolute atomic E-state index is 0.711. The van der Waals surface area contributed by atoms with Crippen molar-refractivity contribution in [2.45, 2.75) is 6.92 Å². The van der Waals surface area contributed by atoms with E-state index >= 15 is 0 Å². The summed E-state index contributed by atoms with van der Waals surface area (Å²) in [6.07, 6.45) is 1.78. The average Bonchev–Trinajstić information content (AvgIpc) is 1.99. The SMILES string of the molecule is C=CCNc1cc(Br)nc(C)n1. The Morgan fingerprint density at radius 1 is 1.67 bits per heavy atom. The topological polar surface area (TPSA) is 37.8 Å². The highest BCUT2D eigenvalue weighted by Gasteiger charge is 1.96. The van der Waals surface area contributed by atoms with Gasteiger partial charge in [-0.15, -0.1) is 6.58 Å². The second-order valence-electron chi connectivity index (χ2n) is 2.29. The zero-order valence-electron chi connectivity index (χ0n) is 6.84. The van der Waals surface area contributed by atoms with E-state index in [1.54, 1.807) is 6.08 Å². The van der Waals surface area contributed by atoms with Crippen LogP contribution in [0, 0.1) is 6.92 Å². The molecule has 0 aliphatic heterocycles. The van der Waals surface area contributed by atoms with Crippen LogP contribution < -0.4 is 5.32 Å². The van der Waals surface area contributed by atoms with E-state index in [9.17, 15) is 0 Å². The van der Waals surface area contributed by atoms with Crippen molar-refractivity contribution < 1.29 is 0 Å². The molecular formula is C8H10BrN3. The molecule has 1 heterocycles. The van der Waals surface area contributed by atoms with Gasteiger partial charge in [-0.2, -0.15) is 0 Å². The fourth-order valence-electron chi connectivity index (χ4n) is 0.799. The molecule has 12 heavy (non-hydrogen) atoms. The molecule has 0 radical (unpaired) electrons. The number of nitrogens with zero attached hydrogens (tertiary/aromatic N) is 2. The summed E-state index contributed by atoms with van der Waals surface area (Å²) in [5.74, 6) is 1.56. The first-order chi connectivity index (χ1) is 5.72. The predicted molar refractivity (Wildman–Crippen MR) is 53.2 cm³/mol. The normalized spacial score (nSPS) is 9.50. The highest BCUT2D eigenvalue weighted by Crippen LogP contribution is 2.11. The van der Waals surface area contributed by atoms with Crippen molar-refractivity contribution in [1.82, 2.24) is 9.97 Å². The molecule has 0 atom stereocenters. The van der Waals surface area contributed by atoms with Gasteiger partial charge in [-0.05, 0) is 22.9 Å². The molecule has 1 rings (SSSR count). The lowest BCUT2D eigenvalue weighted by atomic mass is 10.5. The van der Waals surface area contributed by atoms with E-state index in [-0.39, 0.29) is 0 Å². The van der Waals surface area contributed by atoms with E-state index in [0.29, 0.717) is 6.54 Å². The van der Waals surface area contributed by atoms with Crippen LogP contribution in [-0.2, 0) is 0 Å². The molecule has 0 amide bonds. The largest absolute Gasteiger partial charge is 0.366 e. The van der Waals surface area contributed by atoms with Crippen molar-refractivity contribution in [3.63, 3.8) is 0 Å². The Morgan fingerprint density at radius 2 is 2.42 bits per heavy atom. The summed E-state index contributed by atoms with van der Waals surface area (Å²) in [5, 5.41) is 3.08. The maximum Gasteiger partial charge on any atom is 0.131 e. The van der Waals surface area contributed by atoms with E-state index in [0.717, 1.165) is 16.2 Å². The Bertz CT molecular complexity index is 265. The molecule has 64 valence electrons. The third-order valence-electron chi connectivity index (χ3n) is 1.23. The Hall–Kier alpha value is -0.900. The molecule has 0 fully saturated rings. The summed E-state index contributed by atoms with van der Waals surface area (Å²) >= 11 is 3.29. The van der Waals surface area contributed by atoms with Crippen molar-refractivity contribution in [3.8, 4) is 0 Å². The molecule has 0 unspecified atom stereocenters. The van der Waals surface area contributed by atoms with Crippen molar-refractivity contribution in [2.24, 2.45) is 0 Å². The Kier molecular flexibility index (Phi) is 3.22. The van der Waals surface area contributed by atoms with E-state index in [4.69, 9.17) is 0 Å². The van der Waals surface area contributed by atoms with Gasteiger partial charge in [0.25, 0.3) is 0 Å². The third-order valence-corrected chi connectivity index (χ3v) is 1.64. The zero-order valence-corrected chi connectivity index (χ0v) is 8.43. The van der Waals surface area contributed by atoms with Gasteiger partial charge < -0.3 is 5.32 Å². The highest BCUT2D eigenvalue weighted by atomic mass is 79.9. The Balaban J connectivity index is 2.78. The fraction of sp³-hybridized carbons (Fsp3) is 0.250. The molecule has 4 heteroatoms. The molecular weight excluding hydrogens is 218 g/mol. The third kappa shape index (κ3) is 2.62. The number of hydrogen-bond acceptors (Lipinski definition) is 3. The van der Waals surface area contributed by atoms with Gasteiger partial charge in [0.05, 0.1) is 0 Å². The van der Waals surface area contributed by atoms with Crippen molar-refractivity contribution in [3.05, 3.63) is 29.1 Å². The summed E-state index contributed by atoms with van der Waals surface area (Å²) < 4.78 is 0.793. The van der Waals surface area contributed by atoms with Crippen LogP contribution in [0.3, 0.4) is 0 Å². The smallest absolute Gasteiger partial charge is 0.131 e. The lowest BCUT2D eigenvalue weighted by Crippen LogP contribution is -2.02. The first-order valence-corrected chi connectivity index (χ1v) is 4.37. The van der Waals surface area contributed by atoms with Gasteiger partial charge in [0.15, 0.2) is 0 Å². The van der Waals surface area contributed by atoms with Crippen LogP contribution in [0.1, 0.15) is 5.82 Å². The summed E-state index contributed by atoms with van der Waals surface area (Å²) in [4.78, 5) is 8.25. The zero-order chi connectivity index (χ0) is 8.97. The van der Waals surface area contributed by atoms with Crippen LogP contribution in [0.15, 0.2) is 23.3 Å². The lowest BCUT2D eigenvalue weighted by molar-refractivity contribution is 1.03. The standard InChI is InChI=1S/C8H10BrN3/c1-3-4-10-8-5-7(9)11-6(2)12-8/h3,5H,1,4H2,2H3,(H,10,11,12). The number of aryl methyl sites for hydroxylation is 1. The molecule has 1 N–H and O–H groups in total. The van der Waals surface area contributed by atoms with Crippen molar-refractivity contribution in [1.29, 1.82) is 0 Å². The summed E-state index contributed by atoms with van der Waals surface area (Å²) in [5.41, 5.74) is 0. The maximum atomic E-state index is 4.17. The minimum Gasteiger partial charge on any atom is -0.366 e. The van der Waals surface area contributed by atoms with Crippen molar-refractivity contribution >= 4 is 21.7 Å². The van der Waals surface area contributed by atoms with Crippen LogP contribution in [-0.4, -0.2) is 16.5 Å². The van der Waals surface area contributed by atoms with Crippen LogP contribution in [0.5, 0.6) is 0 Å². The summed E-state index contributed by atoms with van der Waals surface area (Å²) in [6.45, 7) is 6.17. The number of nitrogens with one attached hydrogen (secondary N) is 1. The number of hydrogen-bond donors (Lipinski definition) is 1. The van der Waals surface area contributed by atoms with Gasteiger partial charge in [0, 0.05) is 12.6 Å². The maximum absolute atomic E-state index is 4.17. The highest BCUT2D eigenvalue weighted by molar-refractivity contribution is 9.10. The molecule has 3 nitrogen and oxygen atoms in total. The average molecular weight is 228 g/mol. The second kappa shape index (κ2) is 4.21. The molecule has 0 spiro atoms. The van der Waals surface area contributed by atoms with Gasteiger partial charge in [-0.3, -0.25) is 0 Å². The van der Waals surface area contributed by atoms with E-state index < -0.39 is 0 Å². The molecule has 0 saturated carbocycles. The van der Waals surface area contributed by atoms with E-state index in [2.05, 4.69) is 37.8 Å². The first kappa shape index (κ1) is 9.19. The van der Waals surface area contributed by atoms with Crippen LogP contribution in [0.4, 0.5) is 5.82 Å². The predicted octanol–water partition coefficient (Wildman–Crippen LogP) is 2.15. The van der Waals surface area contributed by atoms with Gasteiger partial charge >= 0.3 is 0 Å². The van der Waals surface area contributed by atoms with Crippen molar-refractivity contribution in [2.75, 3.05) is 11.9 Å². The first-order valence-electron chi connectivity index (χ1n) is 3.58. The molecule has 0 aliphatic rings. The van der Waals surface area contributed by atoms with Gasteiger partial charge in [0.1, 0.15) is 16.2 Å². The van der Waals surface area contributed by atoms with Crippen LogP contribution in [0.2, 0.25) is 0 Å². The van der Waals surface area contributed by atoms with Gasteiger partial charge in [-0.25, -0.2) is 9.97 Å². The monoisotopic (exact) mass is 227 g/mol. The van der Waals surface area contributed by atoms with E-state index in [1.165, 1.54) is 0 Å². The Morgan fingerprint density at radius 3 is 3.00 bits per heavy atom. The fourth-order valence-corrected chi connectivity index (χ4v) is 1.27. The Labute approximate surface area is 80.1 Å². The second-order valence-corrected chi connectivity index (χ2v) is 3.11. The van der Waals surface area contributed by atoms with Crippen LogP contribution in [0.25, 0.3) is 0 Å². The molecule has 0 bridgehead atoms.